The molecule has 0 radical (unpaired) electrons. The highest BCUT2D eigenvalue weighted by Crippen LogP contribution is 2.45. The summed E-state index contributed by atoms with van der Waals surface area (Å²) in [7, 11) is -9.93. The van der Waals surface area contributed by atoms with Crippen molar-refractivity contribution in [3.8, 4) is 0 Å². The third kappa shape index (κ3) is 76.8. The number of rotatable bonds is 84. The summed E-state index contributed by atoms with van der Waals surface area (Å²) in [6.45, 7) is 9.69. The number of aliphatic hydroxyl groups is 1. The summed E-state index contributed by atoms with van der Waals surface area (Å²) in [5.41, 5.74) is 0. The van der Waals surface area contributed by atoms with Gasteiger partial charge in [-0.3, -0.25) is 37.3 Å². The molecule has 0 rings (SSSR count). The number of esters is 4. The maximum atomic E-state index is 13.1. The van der Waals surface area contributed by atoms with Crippen LogP contribution in [0.5, 0.6) is 0 Å². The van der Waals surface area contributed by atoms with Crippen LogP contribution in [0.4, 0.5) is 0 Å². The molecular weight excluding hydrogens is 1350 g/mol. The van der Waals surface area contributed by atoms with Crippen molar-refractivity contribution >= 4 is 39.5 Å². The Hall–Kier alpha value is -1.94. The fraction of sp³-hybridized carbons (Fsp3) is 0.953. The quantitative estimate of drug-likeness (QED) is 0.0222. The monoisotopic (exact) mass is 1520 g/mol. The number of carbonyl (C=O) groups is 4. The van der Waals surface area contributed by atoms with Crippen LogP contribution in [0.25, 0.3) is 0 Å². The number of carbonyl (C=O) groups excluding carboxylic acids is 4. The van der Waals surface area contributed by atoms with Crippen LogP contribution in [0.2, 0.25) is 0 Å². The van der Waals surface area contributed by atoms with Crippen molar-refractivity contribution in [2.75, 3.05) is 39.6 Å². The number of ether oxygens (including phenoxy) is 4. The van der Waals surface area contributed by atoms with Crippen LogP contribution in [0.15, 0.2) is 0 Å². The first-order chi connectivity index (χ1) is 50.4. The standard InChI is InChI=1S/C85H166O17P2/c1-7-10-12-14-16-18-20-22-24-26-28-30-32-34-36-45-51-57-63-69-84(89)101-80(73-95-82(87)67-61-55-49-43-35-33-31-29-27-25-23-21-19-17-15-13-11-8-2)75-99-103(91,92)97-71-79(86)72-98-104(93,94)100-76-81(74-96-83(88)68-62-56-50-44-39-37-41-47-53-59-65-77(4)5)102-85(90)70-64-58-52-46-40-38-42-48-54-60-66-78(6)9-3/h77-81,86H,7-76H2,1-6H3,(H,91,92)(H,93,94)/t78?,79-,80-,81-/m1/s1. The summed E-state index contributed by atoms with van der Waals surface area (Å²) < 4.78 is 68.9. The van der Waals surface area contributed by atoms with Gasteiger partial charge in [0.25, 0.3) is 0 Å². The van der Waals surface area contributed by atoms with Crippen LogP contribution in [-0.2, 0) is 65.4 Å². The van der Waals surface area contributed by atoms with Gasteiger partial charge in [0.15, 0.2) is 12.2 Å². The van der Waals surface area contributed by atoms with Gasteiger partial charge in [-0.1, -0.05) is 401 Å². The molecule has 0 aromatic rings. The summed E-state index contributed by atoms with van der Waals surface area (Å²) in [6, 6.07) is 0. The van der Waals surface area contributed by atoms with E-state index in [-0.39, 0.29) is 25.7 Å². The van der Waals surface area contributed by atoms with Crippen molar-refractivity contribution in [1.29, 1.82) is 0 Å². The van der Waals surface area contributed by atoms with E-state index in [0.29, 0.717) is 25.7 Å². The molecule has 0 aromatic carbocycles. The maximum absolute atomic E-state index is 13.1. The zero-order valence-electron chi connectivity index (χ0n) is 68.3. The Morgan fingerprint density at radius 3 is 0.731 bits per heavy atom. The third-order valence-electron chi connectivity index (χ3n) is 20.3. The molecular formula is C85H166O17P2. The zero-order chi connectivity index (χ0) is 76.4. The molecule has 0 aliphatic carbocycles. The molecule has 0 heterocycles. The van der Waals surface area contributed by atoms with Gasteiger partial charge in [-0.25, -0.2) is 9.13 Å². The summed E-state index contributed by atoms with van der Waals surface area (Å²) >= 11 is 0. The predicted molar refractivity (Wildman–Crippen MR) is 428 cm³/mol. The normalized spacial score (nSPS) is 14.1. The van der Waals surface area contributed by atoms with Gasteiger partial charge in [-0.15, -0.1) is 0 Å². The first-order valence-electron chi connectivity index (χ1n) is 44.0. The number of unbranched alkanes of at least 4 members (excludes halogenated alkanes) is 53. The van der Waals surface area contributed by atoms with Crippen molar-refractivity contribution in [1.82, 2.24) is 0 Å². The Morgan fingerprint density at radius 1 is 0.279 bits per heavy atom. The predicted octanol–water partition coefficient (Wildman–Crippen LogP) is 25.8. The van der Waals surface area contributed by atoms with E-state index >= 15 is 0 Å². The van der Waals surface area contributed by atoms with Gasteiger partial charge in [0, 0.05) is 25.7 Å². The van der Waals surface area contributed by atoms with E-state index in [1.807, 2.05) is 0 Å². The Balaban J connectivity index is 5.26. The van der Waals surface area contributed by atoms with Gasteiger partial charge >= 0.3 is 39.5 Å². The Labute approximate surface area is 638 Å². The first kappa shape index (κ1) is 102. The number of aliphatic hydroxyl groups excluding tert-OH is 1. The van der Waals surface area contributed by atoms with Crippen LogP contribution in [0.1, 0.15) is 452 Å². The van der Waals surface area contributed by atoms with Crippen LogP contribution in [-0.4, -0.2) is 96.7 Å². The molecule has 3 N–H and O–H groups in total. The lowest BCUT2D eigenvalue weighted by Crippen LogP contribution is -2.30. The molecule has 0 fully saturated rings. The number of phosphoric acid groups is 2. The second-order valence-corrected chi connectivity index (χ2v) is 34.2. The first-order valence-corrected chi connectivity index (χ1v) is 47.0. The minimum absolute atomic E-state index is 0.106. The smallest absolute Gasteiger partial charge is 0.462 e. The molecule has 0 aliphatic rings. The Kier molecular flexibility index (Phi) is 75.0. The lowest BCUT2D eigenvalue weighted by atomic mass is 9.99. The summed E-state index contributed by atoms with van der Waals surface area (Å²) in [5, 5.41) is 10.7. The average molecular weight is 1520 g/mol. The average Bonchev–Trinajstić information content (AvgIpc) is 0.913. The minimum atomic E-state index is -4.97. The molecule has 104 heavy (non-hydrogen) atoms. The molecule has 0 spiro atoms. The van der Waals surface area contributed by atoms with E-state index in [0.717, 1.165) is 102 Å². The molecule has 618 valence electrons. The zero-order valence-corrected chi connectivity index (χ0v) is 70.1. The fourth-order valence-electron chi connectivity index (χ4n) is 13.2. The summed E-state index contributed by atoms with van der Waals surface area (Å²) in [6.07, 6.45) is 67.9. The van der Waals surface area contributed by atoms with Crippen molar-refractivity contribution in [2.24, 2.45) is 11.8 Å². The number of phosphoric ester groups is 2. The SMILES string of the molecule is CCCCCCCCCCCCCCCCCCCCCC(=O)O[C@H](COC(=O)CCCCCCCCCCCCCCCCCCCC)COP(=O)(O)OC[C@@H](O)COP(=O)(O)OC[C@@H](COC(=O)CCCCCCCCCCCCC(C)C)OC(=O)CCCCCCCCCCCCC(C)CC. The second-order valence-electron chi connectivity index (χ2n) is 31.3. The van der Waals surface area contributed by atoms with Crippen molar-refractivity contribution in [2.45, 2.75) is 471 Å². The summed E-state index contributed by atoms with van der Waals surface area (Å²) in [4.78, 5) is 73.2. The van der Waals surface area contributed by atoms with Gasteiger partial charge in [-0.05, 0) is 37.5 Å². The van der Waals surface area contributed by atoms with Gasteiger partial charge in [0.2, 0.25) is 0 Å². The topological polar surface area (TPSA) is 237 Å². The van der Waals surface area contributed by atoms with Crippen molar-refractivity contribution < 1.29 is 80.2 Å². The van der Waals surface area contributed by atoms with Gasteiger partial charge < -0.3 is 33.8 Å². The van der Waals surface area contributed by atoms with Gasteiger partial charge in [-0.2, -0.15) is 0 Å². The van der Waals surface area contributed by atoms with Gasteiger partial charge in [0.05, 0.1) is 26.4 Å². The summed E-state index contributed by atoms with van der Waals surface area (Å²) in [5.74, 6) is -0.541. The number of hydrogen-bond donors (Lipinski definition) is 3. The highest BCUT2D eigenvalue weighted by molar-refractivity contribution is 7.47. The maximum Gasteiger partial charge on any atom is 0.472 e. The van der Waals surface area contributed by atoms with E-state index in [1.54, 1.807) is 0 Å². The molecule has 0 saturated carbocycles. The largest absolute Gasteiger partial charge is 0.472 e. The lowest BCUT2D eigenvalue weighted by Gasteiger charge is -2.21. The van der Waals surface area contributed by atoms with E-state index in [4.69, 9.17) is 37.0 Å². The van der Waals surface area contributed by atoms with E-state index < -0.39 is 97.5 Å². The third-order valence-corrected chi connectivity index (χ3v) is 22.2. The van der Waals surface area contributed by atoms with E-state index in [2.05, 4.69) is 41.5 Å². The van der Waals surface area contributed by atoms with Crippen LogP contribution >= 0.6 is 15.6 Å². The molecule has 3 unspecified atom stereocenters. The highest BCUT2D eigenvalue weighted by Gasteiger charge is 2.30. The molecule has 0 amide bonds. The van der Waals surface area contributed by atoms with E-state index in [1.165, 1.54) is 270 Å². The molecule has 0 aromatic heterocycles. The minimum Gasteiger partial charge on any atom is -0.462 e. The molecule has 17 nitrogen and oxygen atoms in total. The second kappa shape index (κ2) is 76.4. The molecule has 0 saturated heterocycles. The van der Waals surface area contributed by atoms with Crippen LogP contribution in [0.3, 0.4) is 0 Å². The molecule has 6 atom stereocenters. The Morgan fingerprint density at radius 2 is 0.490 bits per heavy atom. The molecule has 0 aliphatic heterocycles. The fourth-order valence-corrected chi connectivity index (χ4v) is 14.8. The van der Waals surface area contributed by atoms with Crippen molar-refractivity contribution in [3.05, 3.63) is 0 Å². The van der Waals surface area contributed by atoms with Gasteiger partial charge in [0.1, 0.15) is 19.3 Å². The van der Waals surface area contributed by atoms with Crippen molar-refractivity contribution in [3.63, 3.8) is 0 Å². The lowest BCUT2D eigenvalue weighted by molar-refractivity contribution is -0.161. The molecule has 19 heteroatoms. The van der Waals surface area contributed by atoms with E-state index in [9.17, 15) is 43.2 Å². The molecule has 0 bridgehead atoms. The van der Waals surface area contributed by atoms with Crippen LogP contribution in [0, 0.1) is 11.8 Å². The van der Waals surface area contributed by atoms with Crippen LogP contribution < -0.4 is 0 Å². The highest BCUT2D eigenvalue weighted by atomic mass is 31.2. The number of hydrogen-bond acceptors (Lipinski definition) is 15. The Bertz CT molecular complexity index is 2000.